The van der Waals surface area contributed by atoms with Gasteiger partial charge in [0.25, 0.3) is 0 Å². The lowest BCUT2D eigenvalue weighted by Crippen LogP contribution is -2.50. The second-order valence-electron chi connectivity index (χ2n) is 5.66. The van der Waals surface area contributed by atoms with E-state index in [1.54, 1.807) is 12.1 Å². The molecule has 0 spiro atoms. The topological polar surface area (TPSA) is 23.6 Å². The summed E-state index contributed by atoms with van der Waals surface area (Å²) in [5.74, 6) is -0.194. The Kier molecular flexibility index (Phi) is 5.26. The molecule has 0 saturated carbocycles. The first kappa shape index (κ1) is 15.1. The van der Waals surface area contributed by atoms with Gasteiger partial charge in [-0.3, -0.25) is 4.79 Å². The Balaban J connectivity index is 1.73. The van der Waals surface area contributed by atoms with Crippen molar-refractivity contribution in [1.29, 1.82) is 0 Å². The van der Waals surface area contributed by atoms with Crippen LogP contribution in [0.1, 0.15) is 30.1 Å². The molecule has 0 aliphatic carbocycles. The molecule has 20 heavy (non-hydrogen) atoms. The standard InChI is InChI=1S/C16H23FN2O/c1-13-12-19(11-10-18(13)2)9-3-4-16(20)14-5-7-15(17)8-6-14/h5-8,13H,3-4,9-12H2,1-2H3. The first-order chi connectivity index (χ1) is 9.56. The molecule has 1 atom stereocenters. The molecule has 1 aliphatic heterocycles. The van der Waals surface area contributed by atoms with Crippen LogP contribution in [-0.4, -0.2) is 54.9 Å². The van der Waals surface area contributed by atoms with E-state index in [2.05, 4.69) is 23.8 Å². The van der Waals surface area contributed by atoms with E-state index in [0.29, 0.717) is 18.0 Å². The van der Waals surface area contributed by atoms with Gasteiger partial charge in [0.1, 0.15) is 5.82 Å². The van der Waals surface area contributed by atoms with Gasteiger partial charge in [-0.1, -0.05) is 0 Å². The van der Waals surface area contributed by atoms with E-state index in [0.717, 1.165) is 32.6 Å². The molecule has 4 heteroatoms. The van der Waals surface area contributed by atoms with Gasteiger partial charge in [0.05, 0.1) is 0 Å². The monoisotopic (exact) mass is 278 g/mol. The first-order valence-corrected chi connectivity index (χ1v) is 7.27. The van der Waals surface area contributed by atoms with E-state index in [-0.39, 0.29) is 11.6 Å². The molecule has 3 nitrogen and oxygen atoms in total. The van der Waals surface area contributed by atoms with E-state index in [9.17, 15) is 9.18 Å². The van der Waals surface area contributed by atoms with Gasteiger partial charge in [-0.25, -0.2) is 4.39 Å². The average molecular weight is 278 g/mol. The van der Waals surface area contributed by atoms with Crippen LogP contribution in [0, 0.1) is 5.82 Å². The predicted molar refractivity (Wildman–Crippen MR) is 78.5 cm³/mol. The number of hydrogen-bond acceptors (Lipinski definition) is 3. The maximum absolute atomic E-state index is 12.8. The molecular weight excluding hydrogens is 255 g/mol. The third-order valence-electron chi connectivity index (χ3n) is 4.09. The van der Waals surface area contributed by atoms with Gasteiger partial charge in [0.15, 0.2) is 5.78 Å². The molecule has 0 amide bonds. The fourth-order valence-electron chi connectivity index (χ4n) is 2.57. The van der Waals surface area contributed by atoms with Crippen molar-refractivity contribution in [2.45, 2.75) is 25.8 Å². The highest BCUT2D eigenvalue weighted by Crippen LogP contribution is 2.10. The number of Topliss-reactive ketones (excluding diaryl/α,β-unsaturated/α-hetero) is 1. The smallest absolute Gasteiger partial charge is 0.162 e. The summed E-state index contributed by atoms with van der Waals surface area (Å²) in [6.07, 6.45) is 1.40. The van der Waals surface area contributed by atoms with Crippen molar-refractivity contribution >= 4 is 5.78 Å². The van der Waals surface area contributed by atoms with Crippen molar-refractivity contribution in [2.75, 3.05) is 33.2 Å². The molecule has 110 valence electrons. The van der Waals surface area contributed by atoms with Gasteiger partial charge < -0.3 is 9.80 Å². The third-order valence-corrected chi connectivity index (χ3v) is 4.09. The van der Waals surface area contributed by atoms with Gasteiger partial charge >= 0.3 is 0 Å². The van der Waals surface area contributed by atoms with Gasteiger partial charge in [0, 0.05) is 37.7 Å². The lowest BCUT2D eigenvalue weighted by atomic mass is 10.1. The zero-order chi connectivity index (χ0) is 14.5. The third kappa shape index (κ3) is 4.12. The summed E-state index contributed by atoms with van der Waals surface area (Å²) in [7, 11) is 2.15. The molecule has 1 aromatic rings. The molecular formula is C16H23FN2O. The number of piperazine rings is 1. The summed E-state index contributed by atoms with van der Waals surface area (Å²) >= 11 is 0. The van der Waals surface area contributed by atoms with Crippen molar-refractivity contribution in [3.63, 3.8) is 0 Å². The Labute approximate surface area is 120 Å². The van der Waals surface area contributed by atoms with Crippen LogP contribution in [0.25, 0.3) is 0 Å². The molecule has 1 fully saturated rings. The van der Waals surface area contributed by atoms with Crippen LogP contribution in [0.15, 0.2) is 24.3 Å². The molecule has 0 aromatic heterocycles. The SMILES string of the molecule is CC1CN(CCCC(=O)c2ccc(F)cc2)CCN1C. The number of ketones is 1. The summed E-state index contributed by atoms with van der Waals surface area (Å²) in [6.45, 7) is 6.43. The minimum Gasteiger partial charge on any atom is -0.301 e. The van der Waals surface area contributed by atoms with E-state index in [1.807, 2.05) is 0 Å². The summed E-state index contributed by atoms with van der Waals surface area (Å²) in [5, 5.41) is 0. The van der Waals surface area contributed by atoms with Gasteiger partial charge in [0.2, 0.25) is 0 Å². The number of likely N-dealkylation sites (N-methyl/N-ethyl adjacent to an activating group) is 1. The van der Waals surface area contributed by atoms with Gasteiger partial charge in [-0.2, -0.15) is 0 Å². The number of benzene rings is 1. The maximum Gasteiger partial charge on any atom is 0.162 e. The highest BCUT2D eigenvalue weighted by atomic mass is 19.1. The van der Waals surface area contributed by atoms with Crippen molar-refractivity contribution in [3.05, 3.63) is 35.6 Å². The van der Waals surface area contributed by atoms with Crippen molar-refractivity contribution in [3.8, 4) is 0 Å². The molecule has 1 heterocycles. The number of hydrogen-bond donors (Lipinski definition) is 0. The molecule has 1 aromatic carbocycles. The fraction of sp³-hybridized carbons (Fsp3) is 0.562. The molecule has 2 rings (SSSR count). The average Bonchev–Trinajstić information content (AvgIpc) is 2.43. The van der Waals surface area contributed by atoms with Crippen LogP contribution < -0.4 is 0 Å². The lowest BCUT2D eigenvalue weighted by molar-refractivity contribution is 0.0928. The minimum atomic E-state index is -0.298. The zero-order valence-electron chi connectivity index (χ0n) is 12.3. The van der Waals surface area contributed by atoms with Crippen LogP contribution >= 0.6 is 0 Å². The molecule has 0 N–H and O–H groups in total. The number of carbonyl (C=O) groups is 1. The van der Waals surface area contributed by atoms with Crippen LogP contribution in [0.3, 0.4) is 0 Å². The summed E-state index contributed by atoms with van der Waals surface area (Å²) in [5.41, 5.74) is 0.609. The molecule has 0 radical (unpaired) electrons. The summed E-state index contributed by atoms with van der Waals surface area (Å²) in [6, 6.07) is 6.40. The quantitative estimate of drug-likeness (QED) is 0.773. The largest absolute Gasteiger partial charge is 0.301 e. The number of halogens is 1. The van der Waals surface area contributed by atoms with E-state index < -0.39 is 0 Å². The molecule has 1 saturated heterocycles. The Morgan fingerprint density at radius 1 is 1.30 bits per heavy atom. The van der Waals surface area contributed by atoms with Gasteiger partial charge in [-0.05, 0) is 51.2 Å². The molecule has 0 bridgehead atoms. The van der Waals surface area contributed by atoms with E-state index in [4.69, 9.17) is 0 Å². The van der Waals surface area contributed by atoms with E-state index in [1.165, 1.54) is 12.1 Å². The van der Waals surface area contributed by atoms with Crippen molar-refractivity contribution in [1.82, 2.24) is 9.80 Å². The first-order valence-electron chi connectivity index (χ1n) is 7.27. The summed E-state index contributed by atoms with van der Waals surface area (Å²) < 4.78 is 12.8. The number of carbonyl (C=O) groups excluding carboxylic acids is 1. The Morgan fingerprint density at radius 3 is 2.65 bits per heavy atom. The maximum atomic E-state index is 12.8. The molecule has 1 unspecified atom stereocenters. The second kappa shape index (κ2) is 6.95. The Bertz CT molecular complexity index is 446. The molecule has 1 aliphatic rings. The number of rotatable bonds is 5. The van der Waals surface area contributed by atoms with Crippen molar-refractivity contribution in [2.24, 2.45) is 0 Å². The number of nitrogens with zero attached hydrogens (tertiary/aromatic N) is 2. The Morgan fingerprint density at radius 2 is 2.00 bits per heavy atom. The highest BCUT2D eigenvalue weighted by molar-refractivity contribution is 5.95. The summed E-state index contributed by atoms with van der Waals surface area (Å²) in [4.78, 5) is 16.7. The normalized spacial score (nSPS) is 21.1. The highest BCUT2D eigenvalue weighted by Gasteiger charge is 2.20. The van der Waals surface area contributed by atoms with Crippen LogP contribution in [0.4, 0.5) is 4.39 Å². The zero-order valence-corrected chi connectivity index (χ0v) is 12.3. The van der Waals surface area contributed by atoms with Crippen LogP contribution in [-0.2, 0) is 0 Å². The second-order valence-corrected chi connectivity index (χ2v) is 5.66. The lowest BCUT2D eigenvalue weighted by Gasteiger charge is -2.37. The minimum absolute atomic E-state index is 0.104. The van der Waals surface area contributed by atoms with E-state index >= 15 is 0 Å². The fourth-order valence-corrected chi connectivity index (χ4v) is 2.57. The van der Waals surface area contributed by atoms with Crippen molar-refractivity contribution < 1.29 is 9.18 Å². The Hall–Kier alpha value is -1.26. The van der Waals surface area contributed by atoms with Gasteiger partial charge in [-0.15, -0.1) is 0 Å². The van der Waals surface area contributed by atoms with Crippen LogP contribution in [0.5, 0.6) is 0 Å². The predicted octanol–water partition coefficient (Wildman–Crippen LogP) is 2.42. The van der Waals surface area contributed by atoms with Crippen LogP contribution in [0.2, 0.25) is 0 Å².